The zero-order valence-electron chi connectivity index (χ0n) is 14.4. The monoisotopic (exact) mass is 378 g/mol. The molecule has 1 aliphatic rings. The van der Waals surface area contributed by atoms with Gasteiger partial charge in [-0.1, -0.05) is 30.3 Å². The van der Waals surface area contributed by atoms with Crippen LogP contribution in [0.4, 0.5) is 10.1 Å². The fourth-order valence-electron chi connectivity index (χ4n) is 3.01. The van der Waals surface area contributed by atoms with Gasteiger partial charge >= 0.3 is 0 Å². The normalized spacial score (nSPS) is 15.5. The molecule has 1 saturated heterocycles. The van der Waals surface area contributed by atoms with E-state index in [1.54, 1.807) is 25.3 Å². The van der Waals surface area contributed by atoms with Crippen molar-refractivity contribution in [3.05, 3.63) is 77.7 Å². The highest BCUT2D eigenvalue weighted by atomic mass is 32.1. The Balaban J connectivity index is 1.68. The van der Waals surface area contributed by atoms with Crippen molar-refractivity contribution in [2.75, 3.05) is 12.0 Å². The lowest BCUT2D eigenvalue weighted by Crippen LogP contribution is -2.31. The Morgan fingerprint density at radius 2 is 1.81 bits per heavy atom. The molecular formula is C21H15FN2O2S. The second-order valence-electron chi connectivity index (χ2n) is 6.05. The van der Waals surface area contributed by atoms with Gasteiger partial charge in [0.05, 0.1) is 12.8 Å². The summed E-state index contributed by atoms with van der Waals surface area (Å²) in [4.78, 5) is 13.9. The Bertz CT molecular complexity index is 1110. The second-order valence-corrected chi connectivity index (χ2v) is 6.44. The number of nitrogens with one attached hydrogen (secondary N) is 1. The standard InChI is InChI=1S/C21H15FN2O2S/c1-26-16-9-8-14-10-13(6-7-15(14)12-16)11-18-20(25)24(21(27)23-18)19-5-3-2-4-17(19)22/h2-12H,1H3,(H,23,27)/b18-11-. The van der Waals surface area contributed by atoms with Gasteiger partial charge in [0.25, 0.3) is 5.91 Å². The van der Waals surface area contributed by atoms with Crippen LogP contribution in [-0.2, 0) is 4.79 Å². The quantitative estimate of drug-likeness (QED) is 0.547. The van der Waals surface area contributed by atoms with Gasteiger partial charge < -0.3 is 10.1 Å². The minimum atomic E-state index is -0.504. The van der Waals surface area contributed by atoms with E-state index >= 15 is 0 Å². The van der Waals surface area contributed by atoms with Gasteiger partial charge in [-0.25, -0.2) is 9.29 Å². The maximum atomic E-state index is 14.1. The Labute approximate surface area is 160 Å². The molecule has 0 atom stereocenters. The number of ether oxygens (including phenoxy) is 1. The second kappa shape index (κ2) is 6.81. The van der Waals surface area contributed by atoms with Crippen LogP contribution < -0.4 is 15.0 Å². The number of thiocarbonyl (C=S) groups is 1. The van der Waals surface area contributed by atoms with E-state index in [0.29, 0.717) is 5.70 Å². The zero-order chi connectivity index (χ0) is 19.0. The predicted octanol–water partition coefficient (Wildman–Crippen LogP) is 4.25. The first-order valence-corrected chi connectivity index (χ1v) is 8.67. The van der Waals surface area contributed by atoms with E-state index in [9.17, 15) is 9.18 Å². The number of hydrogen-bond acceptors (Lipinski definition) is 3. The lowest BCUT2D eigenvalue weighted by atomic mass is 10.1. The van der Waals surface area contributed by atoms with Crippen LogP contribution in [0.2, 0.25) is 0 Å². The molecule has 1 heterocycles. The first-order valence-electron chi connectivity index (χ1n) is 8.26. The molecule has 0 spiro atoms. The highest BCUT2D eigenvalue weighted by Crippen LogP contribution is 2.26. The molecule has 3 aromatic rings. The SMILES string of the molecule is COc1ccc2cc(/C=C3\NC(=S)N(c4ccccc4F)C3=O)ccc2c1. The Morgan fingerprint density at radius 1 is 1.07 bits per heavy atom. The zero-order valence-corrected chi connectivity index (χ0v) is 15.2. The summed E-state index contributed by atoms with van der Waals surface area (Å²) in [5, 5.41) is 5.08. The minimum absolute atomic E-state index is 0.133. The number of halogens is 1. The van der Waals surface area contributed by atoms with E-state index in [2.05, 4.69) is 5.32 Å². The lowest BCUT2D eigenvalue weighted by Gasteiger charge is -2.14. The number of benzene rings is 3. The fraction of sp³-hybridized carbons (Fsp3) is 0.0476. The molecule has 27 heavy (non-hydrogen) atoms. The predicted molar refractivity (Wildman–Crippen MR) is 108 cm³/mol. The Hall–Kier alpha value is -3.25. The van der Waals surface area contributed by atoms with Crippen LogP contribution in [-0.4, -0.2) is 18.1 Å². The molecule has 1 fully saturated rings. The van der Waals surface area contributed by atoms with Gasteiger partial charge in [-0.15, -0.1) is 0 Å². The molecule has 4 nitrogen and oxygen atoms in total. The third kappa shape index (κ3) is 3.15. The van der Waals surface area contributed by atoms with Crippen molar-refractivity contribution >= 4 is 45.8 Å². The number of nitrogens with zero attached hydrogens (tertiary/aromatic N) is 1. The highest BCUT2D eigenvalue weighted by molar-refractivity contribution is 7.80. The number of amides is 1. The Kier molecular flexibility index (Phi) is 4.33. The van der Waals surface area contributed by atoms with Gasteiger partial charge in [-0.05, 0) is 65.0 Å². The smallest absolute Gasteiger partial charge is 0.281 e. The summed E-state index contributed by atoms with van der Waals surface area (Å²) >= 11 is 5.23. The molecule has 0 aliphatic carbocycles. The molecule has 0 saturated carbocycles. The molecule has 0 aromatic heterocycles. The largest absolute Gasteiger partial charge is 0.497 e. The van der Waals surface area contributed by atoms with Crippen molar-refractivity contribution in [3.8, 4) is 5.75 Å². The van der Waals surface area contributed by atoms with Crippen molar-refractivity contribution in [1.82, 2.24) is 5.32 Å². The number of hydrogen-bond donors (Lipinski definition) is 1. The summed E-state index contributed by atoms with van der Waals surface area (Å²) in [7, 11) is 1.63. The first kappa shape index (κ1) is 17.2. The third-order valence-electron chi connectivity index (χ3n) is 4.35. The number of carbonyl (C=O) groups is 1. The number of para-hydroxylation sites is 1. The van der Waals surface area contributed by atoms with Gasteiger partial charge in [-0.3, -0.25) is 4.79 Å². The molecule has 1 aliphatic heterocycles. The number of anilines is 1. The summed E-state index contributed by atoms with van der Waals surface area (Å²) in [5.74, 6) is -0.108. The van der Waals surface area contributed by atoms with E-state index in [4.69, 9.17) is 17.0 Å². The third-order valence-corrected chi connectivity index (χ3v) is 4.64. The van der Waals surface area contributed by atoms with Gasteiger partial charge in [0.2, 0.25) is 0 Å². The Morgan fingerprint density at radius 3 is 2.59 bits per heavy atom. The van der Waals surface area contributed by atoms with Crippen LogP contribution in [0.3, 0.4) is 0 Å². The van der Waals surface area contributed by atoms with Crippen LogP contribution >= 0.6 is 12.2 Å². The number of rotatable bonds is 3. The summed E-state index contributed by atoms with van der Waals surface area (Å²) in [5.41, 5.74) is 1.27. The first-order chi connectivity index (χ1) is 13.1. The molecule has 6 heteroatoms. The van der Waals surface area contributed by atoms with E-state index in [-0.39, 0.29) is 16.7 Å². The molecule has 134 valence electrons. The van der Waals surface area contributed by atoms with Crippen LogP contribution in [0.15, 0.2) is 66.4 Å². The van der Waals surface area contributed by atoms with Crippen LogP contribution in [0.1, 0.15) is 5.56 Å². The van der Waals surface area contributed by atoms with E-state index in [1.165, 1.54) is 17.0 Å². The maximum Gasteiger partial charge on any atom is 0.281 e. The van der Waals surface area contributed by atoms with E-state index in [1.807, 2.05) is 36.4 Å². The van der Waals surface area contributed by atoms with Crippen LogP contribution in [0.25, 0.3) is 16.8 Å². The lowest BCUT2D eigenvalue weighted by molar-refractivity contribution is -0.113. The molecule has 0 unspecified atom stereocenters. The van der Waals surface area contributed by atoms with Gasteiger partial charge in [0.1, 0.15) is 17.3 Å². The number of methoxy groups -OCH3 is 1. The van der Waals surface area contributed by atoms with Gasteiger partial charge in [-0.2, -0.15) is 0 Å². The van der Waals surface area contributed by atoms with Crippen molar-refractivity contribution in [1.29, 1.82) is 0 Å². The molecular weight excluding hydrogens is 363 g/mol. The molecule has 1 amide bonds. The molecule has 3 aromatic carbocycles. The molecule has 0 radical (unpaired) electrons. The number of fused-ring (bicyclic) bond motifs is 1. The summed E-state index contributed by atoms with van der Waals surface area (Å²) in [6, 6.07) is 17.6. The van der Waals surface area contributed by atoms with Gasteiger partial charge in [0.15, 0.2) is 5.11 Å². The fourth-order valence-corrected chi connectivity index (χ4v) is 3.30. The van der Waals surface area contributed by atoms with Crippen molar-refractivity contribution in [2.45, 2.75) is 0 Å². The average molecular weight is 378 g/mol. The van der Waals surface area contributed by atoms with Crippen LogP contribution in [0.5, 0.6) is 5.75 Å². The number of carbonyl (C=O) groups excluding carboxylic acids is 1. The van der Waals surface area contributed by atoms with Gasteiger partial charge in [0, 0.05) is 0 Å². The minimum Gasteiger partial charge on any atom is -0.497 e. The van der Waals surface area contributed by atoms with Crippen molar-refractivity contribution in [2.24, 2.45) is 0 Å². The molecule has 0 bridgehead atoms. The molecule has 4 rings (SSSR count). The highest BCUT2D eigenvalue weighted by Gasteiger charge is 2.33. The summed E-state index contributed by atoms with van der Waals surface area (Å²) < 4.78 is 19.3. The summed E-state index contributed by atoms with van der Waals surface area (Å²) in [6.45, 7) is 0. The van der Waals surface area contributed by atoms with Crippen LogP contribution in [0, 0.1) is 5.82 Å². The van der Waals surface area contributed by atoms with Crippen molar-refractivity contribution < 1.29 is 13.9 Å². The average Bonchev–Trinajstić information content (AvgIpc) is 2.95. The van der Waals surface area contributed by atoms with E-state index in [0.717, 1.165) is 22.1 Å². The van der Waals surface area contributed by atoms with E-state index < -0.39 is 5.82 Å². The molecule has 1 N–H and O–H groups in total. The van der Waals surface area contributed by atoms with Crippen molar-refractivity contribution in [3.63, 3.8) is 0 Å². The topological polar surface area (TPSA) is 41.6 Å². The maximum absolute atomic E-state index is 14.1. The summed E-state index contributed by atoms with van der Waals surface area (Å²) in [6.07, 6.45) is 1.71.